The van der Waals surface area contributed by atoms with Crippen LogP contribution in [0.3, 0.4) is 0 Å². The largest absolute Gasteiger partial charge is 0.484 e. The zero-order valence-electron chi connectivity index (χ0n) is 16.1. The molecule has 1 unspecified atom stereocenters. The molecule has 8 heteroatoms. The molecule has 2 aromatic carbocycles. The van der Waals surface area contributed by atoms with Gasteiger partial charge >= 0.3 is 0 Å². The van der Waals surface area contributed by atoms with Crippen LogP contribution in [0.25, 0.3) is 0 Å². The Labute approximate surface area is 174 Å². The first-order valence-corrected chi connectivity index (χ1v) is 11.2. The van der Waals surface area contributed by atoms with Crippen LogP contribution in [0.2, 0.25) is 0 Å². The number of sulfonamides is 1. The van der Waals surface area contributed by atoms with Crippen molar-refractivity contribution in [3.05, 3.63) is 58.6 Å². The van der Waals surface area contributed by atoms with E-state index >= 15 is 0 Å². The van der Waals surface area contributed by atoms with E-state index in [1.807, 2.05) is 45.0 Å². The monoisotopic (exact) mass is 468 g/mol. The van der Waals surface area contributed by atoms with E-state index in [9.17, 15) is 13.2 Å². The summed E-state index contributed by atoms with van der Waals surface area (Å²) in [4.78, 5) is 12.3. The van der Waals surface area contributed by atoms with Gasteiger partial charge < -0.3 is 10.1 Å². The van der Waals surface area contributed by atoms with Gasteiger partial charge in [0.25, 0.3) is 5.91 Å². The van der Waals surface area contributed by atoms with Gasteiger partial charge in [-0.15, -0.1) is 0 Å². The fourth-order valence-electron chi connectivity index (χ4n) is 2.37. The smallest absolute Gasteiger partial charge is 0.258 e. The summed E-state index contributed by atoms with van der Waals surface area (Å²) in [5, 5.41) is 2.87. The summed E-state index contributed by atoms with van der Waals surface area (Å²) >= 11 is 3.41. The third kappa shape index (κ3) is 6.92. The van der Waals surface area contributed by atoms with Crippen molar-refractivity contribution < 1.29 is 17.9 Å². The molecule has 0 fully saturated rings. The zero-order chi connectivity index (χ0) is 20.7. The Morgan fingerprint density at radius 3 is 2.39 bits per heavy atom. The number of rotatable bonds is 9. The van der Waals surface area contributed by atoms with Gasteiger partial charge in [0.05, 0.1) is 10.9 Å². The predicted molar refractivity (Wildman–Crippen MR) is 113 cm³/mol. The zero-order valence-corrected chi connectivity index (χ0v) is 18.5. The van der Waals surface area contributed by atoms with Gasteiger partial charge in [-0.1, -0.05) is 41.9 Å². The summed E-state index contributed by atoms with van der Waals surface area (Å²) in [6, 6.07) is 13.5. The summed E-state index contributed by atoms with van der Waals surface area (Å²) in [6.07, 6.45) is 0. The van der Waals surface area contributed by atoms with Gasteiger partial charge in [-0.05, 0) is 54.8 Å². The lowest BCUT2D eigenvalue weighted by molar-refractivity contribution is -0.123. The second kappa shape index (κ2) is 10.0. The lowest BCUT2D eigenvalue weighted by Crippen LogP contribution is -2.31. The number of halogens is 1. The SMILES string of the molecule is CC(C)CNS(=O)(=O)c1ccc(OCC(=O)NC(C)c2cccc(Br)c2)cc1. The highest BCUT2D eigenvalue weighted by Crippen LogP contribution is 2.18. The minimum atomic E-state index is -3.54. The molecule has 28 heavy (non-hydrogen) atoms. The fourth-order valence-corrected chi connectivity index (χ4v) is 4.00. The number of amides is 1. The maximum absolute atomic E-state index is 12.2. The molecule has 0 saturated heterocycles. The first-order valence-electron chi connectivity index (χ1n) is 8.94. The van der Waals surface area contributed by atoms with Gasteiger partial charge in [0.2, 0.25) is 10.0 Å². The van der Waals surface area contributed by atoms with Crippen molar-refractivity contribution in [1.82, 2.24) is 10.0 Å². The third-order valence-electron chi connectivity index (χ3n) is 3.91. The molecule has 6 nitrogen and oxygen atoms in total. The van der Waals surface area contributed by atoms with Crippen LogP contribution in [-0.2, 0) is 14.8 Å². The second-order valence-corrected chi connectivity index (χ2v) is 9.53. The van der Waals surface area contributed by atoms with Gasteiger partial charge in [-0.25, -0.2) is 13.1 Å². The Balaban J connectivity index is 1.88. The maximum Gasteiger partial charge on any atom is 0.258 e. The molecule has 0 spiro atoms. The van der Waals surface area contributed by atoms with Gasteiger partial charge in [0.1, 0.15) is 5.75 Å². The van der Waals surface area contributed by atoms with Crippen LogP contribution in [0.15, 0.2) is 57.9 Å². The average molecular weight is 469 g/mol. The van der Waals surface area contributed by atoms with Crippen molar-refractivity contribution in [3.8, 4) is 5.75 Å². The molecule has 0 aromatic heterocycles. The molecule has 2 rings (SSSR count). The molecule has 0 heterocycles. The fraction of sp³-hybridized carbons (Fsp3) is 0.350. The van der Waals surface area contributed by atoms with Crippen LogP contribution in [0, 0.1) is 5.92 Å². The van der Waals surface area contributed by atoms with Crippen LogP contribution in [0.5, 0.6) is 5.75 Å². The second-order valence-electron chi connectivity index (χ2n) is 6.85. The van der Waals surface area contributed by atoms with Crippen LogP contribution < -0.4 is 14.8 Å². The number of hydrogen-bond donors (Lipinski definition) is 2. The van der Waals surface area contributed by atoms with E-state index in [-0.39, 0.29) is 29.4 Å². The van der Waals surface area contributed by atoms with Crippen molar-refractivity contribution in [3.63, 3.8) is 0 Å². The quantitative estimate of drug-likeness (QED) is 0.588. The number of hydrogen-bond acceptors (Lipinski definition) is 4. The van der Waals surface area contributed by atoms with E-state index in [4.69, 9.17) is 4.74 Å². The minimum Gasteiger partial charge on any atom is -0.484 e. The van der Waals surface area contributed by atoms with Crippen LogP contribution in [0.1, 0.15) is 32.4 Å². The van der Waals surface area contributed by atoms with E-state index in [1.165, 1.54) is 24.3 Å². The van der Waals surface area contributed by atoms with Crippen molar-refractivity contribution in [1.29, 1.82) is 0 Å². The average Bonchev–Trinajstić information content (AvgIpc) is 2.65. The number of nitrogens with one attached hydrogen (secondary N) is 2. The molecule has 2 N–H and O–H groups in total. The molecular formula is C20H25BrN2O4S. The Kier molecular flexibility index (Phi) is 8.03. The number of carbonyl (C=O) groups excluding carboxylic acids is 1. The molecular weight excluding hydrogens is 444 g/mol. The molecule has 0 saturated carbocycles. The minimum absolute atomic E-state index is 0.157. The number of ether oxygens (including phenoxy) is 1. The summed E-state index contributed by atoms with van der Waals surface area (Å²) in [5.74, 6) is 0.381. The van der Waals surface area contributed by atoms with Gasteiger partial charge in [-0.2, -0.15) is 0 Å². The maximum atomic E-state index is 12.2. The summed E-state index contributed by atoms with van der Waals surface area (Å²) < 4.78 is 33.3. The first-order chi connectivity index (χ1) is 13.2. The predicted octanol–water partition coefficient (Wildman–Crippen LogP) is 3.64. The molecule has 0 radical (unpaired) electrons. The van der Waals surface area contributed by atoms with Gasteiger partial charge in [0, 0.05) is 11.0 Å². The van der Waals surface area contributed by atoms with Crippen molar-refractivity contribution in [2.45, 2.75) is 31.7 Å². The van der Waals surface area contributed by atoms with E-state index in [2.05, 4.69) is 26.0 Å². The summed E-state index contributed by atoms with van der Waals surface area (Å²) in [5.41, 5.74) is 0.978. The Bertz CT molecular complexity index is 899. The van der Waals surface area contributed by atoms with E-state index in [1.54, 1.807) is 0 Å². The van der Waals surface area contributed by atoms with E-state index < -0.39 is 10.0 Å². The topological polar surface area (TPSA) is 84.5 Å². The Morgan fingerprint density at radius 2 is 1.79 bits per heavy atom. The highest BCUT2D eigenvalue weighted by Gasteiger charge is 2.15. The molecule has 0 aliphatic carbocycles. The first kappa shape index (κ1) is 22.4. The number of carbonyl (C=O) groups is 1. The molecule has 2 aromatic rings. The Morgan fingerprint density at radius 1 is 1.11 bits per heavy atom. The summed E-state index contributed by atoms with van der Waals surface area (Å²) in [7, 11) is -3.54. The normalized spacial score (nSPS) is 12.6. The van der Waals surface area contributed by atoms with Gasteiger partial charge in [-0.3, -0.25) is 4.79 Å². The van der Waals surface area contributed by atoms with E-state index in [0.717, 1.165) is 10.0 Å². The van der Waals surface area contributed by atoms with E-state index in [0.29, 0.717) is 12.3 Å². The number of benzene rings is 2. The van der Waals surface area contributed by atoms with Crippen LogP contribution in [0.4, 0.5) is 0 Å². The van der Waals surface area contributed by atoms with Crippen LogP contribution >= 0.6 is 15.9 Å². The third-order valence-corrected chi connectivity index (χ3v) is 5.84. The summed E-state index contributed by atoms with van der Waals surface area (Å²) in [6.45, 7) is 5.97. The van der Waals surface area contributed by atoms with Gasteiger partial charge in [0.15, 0.2) is 6.61 Å². The molecule has 0 aliphatic rings. The van der Waals surface area contributed by atoms with Crippen molar-refractivity contribution in [2.24, 2.45) is 5.92 Å². The molecule has 0 aliphatic heterocycles. The lowest BCUT2D eigenvalue weighted by atomic mass is 10.1. The molecule has 1 atom stereocenters. The molecule has 0 bridgehead atoms. The molecule has 152 valence electrons. The highest BCUT2D eigenvalue weighted by molar-refractivity contribution is 9.10. The van der Waals surface area contributed by atoms with Crippen molar-refractivity contribution in [2.75, 3.05) is 13.2 Å². The molecule has 1 amide bonds. The van der Waals surface area contributed by atoms with Crippen LogP contribution in [-0.4, -0.2) is 27.5 Å². The Hall–Kier alpha value is -1.90. The lowest BCUT2D eigenvalue weighted by Gasteiger charge is -2.15. The van der Waals surface area contributed by atoms with Crippen molar-refractivity contribution >= 4 is 31.9 Å². The highest BCUT2D eigenvalue weighted by atomic mass is 79.9. The standard InChI is InChI=1S/C20H25BrN2O4S/c1-14(2)12-22-28(25,26)19-9-7-18(8-10-19)27-13-20(24)23-15(3)16-5-4-6-17(21)11-16/h4-11,14-15,22H,12-13H2,1-3H3,(H,23,24).